The number of carbonyl (C=O) groups is 4. The molecule has 468 valence electrons. The molecule has 17 nitrogen and oxygen atoms in total. The van der Waals surface area contributed by atoms with Crippen LogP contribution in [0.3, 0.4) is 0 Å². The molecule has 0 radical (unpaired) electrons. The zero-order valence-electron chi connectivity index (χ0n) is 50.7. The number of esters is 4. The second-order valence-corrected chi connectivity index (χ2v) is 25.6. The van der Waals surface area contributed by atoms with E-state index in [2.05, 4.69) is 41.5 Å². The Kier molecular flexibility index (Phi) is 51.5. The van der Waals surface area contributed by atoms with E-state index in [9.17, 15) is 43.2 Å². The van der Waals surface area contributed by atoms with E-state index in [-0.39, 0.29) is 25.7 Å². The van der Waals surface area contributed by atoms with Crippen molar-refractivity contribution >= 4 is 39.5 Å². The van der Waals surface area contributed by atoms with Gasteiger partial charge in [-0.3, -0.25) is 37.3 Å². The number of ether oxygens (including phenoxy) is 4. The molecule has 0 aromatic carbocycles. The van der Waals surface area contributed by atoms with Gasteiger partial charge in [0.1, 0.15) is 19.3 Å². The van der Waals surface area contributed by atoms with Crippen LogP contribution < -0.4 is 0 Å². The standard InChI is InChI=1S/C60H116O17P2/c1-7-9-11-13-15-16-19-25-32-38-44-59(64)76-55(48-70-57(62)42-36-30-22-14-12-10-8-2)50-74-78(66,67)72-46-54(61)47-73-79(68,69)75-51-56(49-71-58(63)43-37-31-27-21-24-29-35-41-53(5)6)77-60(65)45-39-33-26-20-17-18-23-28-34-40-52(3)4/h52-56,61H,7-51H2,1-6H3,(H,66,67)(H,68,69)/t54-,55+,56+/m0/s1. The summed E-state index contributed by atoms with van der Waals surface area (Å²) in [6.45, 7) is 9.33. The average molecular weight is 1170 g/mol. The Labute approximate surface area is 479 Å². The first-order valence-corrected chi connectivity index (χ1v) is 34.5. The van der Waals surface area contributed by atoms with Crippen molar-refractivity contribution in [2.45, 2.75) is 310 Å². The van der Waals surface area contributed by atoms with E-state index in [0.717, 1.165) is 115 Å². The Balaban J connectivity index is 5.22. The third-order valence-electron chi connectivity index (χ3n) is 13.7. The van der Waals surface area contributed by atoms with Crippen molar-refractivity contribution in [1.82, 2.24) is 0 Å². The maximum Gasteiger partial charge on any atom is 0.472 e. The first-order chi connectivity index (χ1) is 37.9. The summed E-state index contributed by atoms with van der Waals surface area (Å²) in [5.74, 6) is -0.704. The Morgan fingerprint density at radius 3 is 0.861 bits per heavy atom. The van der Waals surface area contributed by atoms with Crippen molar-refractivity contribution in [2.24, 2.45) is 11.8 Å². The molecular weight excluding hydrogens is 1050 g/mol. The number of unbranched alkanes of at least 4 members (excludes halogenated alkanes) is 29. The molecule has 0 saturated heterocycles. The molecule has 5 atom stereocenters. The van der Waals surface area contributed by atoms with Gasteiger partial charge in [0.25, 0.3) is 0 Å². The lowest BCUT2D eigenvalue weighted by Crippen LogP contribution is -2.30. The molecular formula is C60H116O17P2. The zero-order chi connectivity index (χ0) is 58.7. The number of carbonyl (C=O) groups excluding carboxylic acids is 4. The first kappa shape index (κ1) is 77.1. The van der Waals surface area contributed by atoms with E-state index in [4.69, 9.17) is 37.0 Å². The molecule has 0 saturated carbocycles. The lowest BCUT2D eigenvalue weighted by molar-refractivity contribution is -0.161. The number of hydrogen-bond donors (Lipinski definition) is 3. The Hall–Kier alpha value is -1.94. The van der Waals surface area contributed by atoms with Gasteiger partial charge in [-0.2, -0.15) is 0 Å². The molecule has 0 fully saturated rings. The number of phosphoric ester groups is 2. The van der Waals surface area contributed by atoms with Crippen LogP contribution in [-0.2, 0) is 65.4 Å². The molecule has 0 aliphatic carbocycles. The van der Waals surface area contributed by atoms with Crippen LogP contribution in [0, 0.1) is 11.8 Å². The van der Waals surface area contributed by atoms with Crippen LogP contribution in [0.15, 0.2) is 0 Å². The third kappa shape index (κ3) is 55.0. The summed E-state index contributed by atoms with van der Waals surface area (Å²) in [5.41, 5.74) is 0. The fraction of sp³-hybridized carbons (Fsp3) is 0.933. The Morgan fingerprint density at radius 1 is 0.342 bits per heavy atom. The lowest BCUT2D eigenvalue weighted by Gasteiger charge is -2.21. The summed E-state index contributed by atoms with van der Waals surface area (Å²) in [7, 11) is -9.87. The summed E-state index contributed by atoms with van der Waals surface area (Å²) >= 11 is 0. The SMILES string of the molecule is CCCCCCCCCCCCC(=O)O[C@H](COC(=O)CCCCCCCCC)COP(=O)(O)OC[C@H](O)COP(=O)(O)OC[C@@H](COC(=O)CCCCCCCCCC(C)C)OC(=O)CCCCCCCCCCCC(C)C. The van der Waals surface area contributed by atoms with Crippen molar-refractivity contribution in [3.8, 4) is 0 Å². The molecule has 0 bridgehead atoms. The lowest BCUT2D eigenvalue weighted by atomic mass is 10.0. The molecule has 0 amide bonds. The molecule has 19 heteroatoms. The van der Waals surface area contributed by atoms with Crippen LogP contribution in [0.5, 0.6) is 0 Å². The van der Waals surface area contributed by atoms with Crippen LogP contribution >= 0.6 is 15.6 Å². The molecule has 0 aromatic rings. The minimum atomic E-state index is -4.94. The summed E-state index contributed by atoms with van der Waals surface area (Å²) in [6, 6.07) is 0. The normalized spacial score (nSPS) is 14.4. The third-order valence-corrected chi connectivity index (χ3v) is 15.6. The zero-order valence-corrected chi connectivity index (χ0v) is 52.4. The van der Waals surface area contributed by atoms with E-state index in [1.54, 1.807) is 0 Å². The number of phosphoric acid groups is 2. The van der Waals surface area contributed by atoms with E-state index in [1.165, 1.54) is 89.9 Å². The summed E-state index contributed by atoms with van der Waals surface area (Å²) in [6.07, 6.45) is 33.6. The highest BCUT2D eigenvalue weighted by atomic mass is 31.2. The monoisotopic (exact) mass is 1170 g/mol. The van der Waals surface area contributed by atoms with Crippen molar-refractivity contribution in [3.05, 3.63) is 0 Å². The molecule has 0 rings (SSSR count). The fourth-order valence-corrected chi connectivity index (χ4v) is 10.4. The molecule has 79 heavy (non-hydrogen) atoms. The fourth-order valence-electron chi connectivity index (χ4n) is 8.82. The van der Waals surface area contributed by atoms with Crippen molar-refractivity contribution in [1.29, 1.82) is 0 Å². The van der Waals surface area contributed by atoms with Gasteiger partial charge in [0.15, 0.2) is 12.2 Å². The van der Waals surface area contributed by atoms with Gasteiger partial charge in [0.2, 0.25) is 0 Å². The Bertz CT molecular complexity index is 1560. The van der Waals surface area contributed by atoms with Gasteiger partial charge < -0.3 is 33.8 Å². The van der Waals surface area contributed by atoms with E-state index in [0.29, 0.717) is 31.6 Å². The van der Waals surface area contributed by atoms with Crippen LogP contribution in [0.1, 0.15) is 292 Å². The number of hydrogen-bond acceptors (Lipinski definition) is 15. The topological polar surface area (TPSA) is 237 Å². The molecule has 0 aromatic heterocycles. The van der Waals surface area contributed by atoms with Crippen LogP contribution in [0.2, 0.25) is 0 Å². The largest absolute Gasteiger partial charge is 0.472 e. The van der Waals surface area contributed by atoms with Gasteiger partial charge in [-0.05, 0) is 37.5 Å². The molecule has 0 heterocycles. The highest BCUT2D eigenvalue weighted by molar-refractivity contribution is 7.47. The van der Waals surface area contributed by atoms with Gasteiger partial charge in [-0.25, -0.2) is 9.13 Å². The highest BCUT2D eigenvalue weighted by Crippen LogP contribution is 2.45. The van der Waals surface area contributed by atoms with Crippen molar-refractivity contribution in [2.75, 3.05) is 39.6 Å². The maximum absolute atomic E-state index is 12.9. The van der Waals surface area contributed by atoms with Gasteiger partial charge >= 0.3 is 39.5 Å². The molecule has 0 spiro atoms. The minimum Gasteiger partial charge on any atom is -0.462 e. The summed E-state index contributed by atoms with van der Waals surface area (Å²) in [4.78, 5) is 71.9. The maximum atomic E-state index is 12.9. The Morgan fingerprint density at radius 2 is 0.582 bits per heavy atom. The molecule has 2 unspecified atom stereocenters. The van der Waals surface area contributed by atoms with E-state index in [1.807, 2.05) is 0 Å². The van der Waals surface area contributed by atoms with Crippen LogP contribution in [-0.4, -0.2) is 96.7 Å². The predicted octanol–water partition coefficient (Wildman–Crippen LogP) is 16.1. The highest BCUT2D eigenvalue weighted by Gasteiger charge is 2.30. The van der Waals surface area contributed by atoms with E-state index < -0.39 is 97.5 Å². The first-order valence-electron chi connectivity index (χ1n) is 31.5. The van der Waals surface area contributed by atoms with Crippen LogP contribution in [0.4, 0.5) is 0 Å². The smallest absolute Gasteiger partial charge is 0.462 e. The van der Waals surface area contributed by atoms with Crippen molar-refractivity contribution in [3.63, 3.8) is 0 Å². The number of aliphatic hydroxyl groups is 1. The second-order valence-electron chi connectivity index (χ2n) is 22.7. The van der Waals surface area contributed by atoms with Crippen LogP contribution in [0.25, 0.3) is 0 Å². The van der Waals surface area contributed by atoms with Gasteiger partial charge in [0, 0.05) is 25.7 Å². The van der Waals surface area contributed by atoms with Gasteiger partial charge in [-0.1, -0.05) is 241 Å². The number of aliphatic hydroxyl groups excluding tert-OH is 1. The summed E-state index contributed by atoms with van der Waals surface area (Å²) < 4.78 is 67.7. The number of rotatable bonds is 59. The predicted molar refractivity (Wildman–Crippen MR) is 312 cm³/mol. The quantitative estimate of drug-likeness (QED) is 0.0222. The van der Waals surface area contributed by atoms with Gasteiger partial charge in [0.05, 0.1) is 26.4 Å². The molecule has 0 aliphatic rings. The second kappa shape index (κ2) is 52.8. The van der Waals surface area contributed by atoms with Crippen molar-refractivity contribution < 1.29 is 80.2 Å². The average Bonchev–Trinajstić information content (AvgIpc) is 3.40. The van der Waals surface area contributed by atoms with E-state index >= 15 is 0 Å². The van der Waals surface area contributed by atoms with Gasteiger partial charge in [-0.15, -0.1) is 0 Å². The molecule has 3 N–H and O–H groups in total. The molecule has 0 aliphatic heterocycles. The minimum absolute atomic E-state index is 0.104. The summed E-state index contributed by atoms with van der Waals surface area (Å²) in [5, 5.41) is 10.5.